The summed E-state index contributed by atoms with van der Waals surface area (Å²) >= 11 is 0. The monoisotopic (exact) mass is 505 g/mol. The lowest BCUT2D eigenvalue weighted by atomic mass is 9.99. The number of benzene rings is 3. The van der Waals surface area contributed by atoms with Gasteiger partial charge in [0.05, 0.1) is 28.4 Å². The van der Waals surface area contributed by atoms with E-state index in [4.69, 9.17) is 18.9 Å². The van der Waals surface area contributed by atoms with Crippen LogP contribution in [0.4, 0.5) is 0 Å². The summed E-state index contributed by atoms with van der Waals surface area (Å²) in [6.45, 7) is 5.72. The molecule has 0 amide bonds. The van der Waals surface area contributed by atoms with Crippen molar-refractivity contribution in [2.45, 2.75) is 58.0 Å². The number of methoxy groups -OCH3 is 4. The molecule has 3 aromatic carbocycles. The summed E-state index contributed by atoms with van der Waals surface area (Å²) in [6, 6.07) is 24.0. The van der Waals surface area contributed by atoms with Crippen LogP contribution in [0, 0.1) is 0 Å². The Labute approximate surface area is 223 Å². The molecule has 0 aliphatic carbocycles. The van der Waals surface area contributed by atoms with Crippen LogP contribution < -0.4 is 18.9 Å². The summed E-state index contributed by atoms with van der Waals surface area (Å²) in [6.07, 6.45) is 5.25. The second-order valence-electron chi connectivity index (χ2n) is 9.65. The summed E-state index contributed by atoms with van der Waals surface area (Å²) in [5, 5.41) is 0. The number of ether oxygens (including phenoxy) is 4. The smallest absolute Gasteiger partial charge is 0.160 e. The number of aryl methyl sites for hydroxylation is 2. The highest BCUT2D eigenvalue weighted by Gasteiger charge is 2.20. The van der Waals surface area contributed by atoms with Crippen LogP contribution in [0.5, 0.6) is 23.0 Å². The zero-order valence-electron chi connectivity index (χ0n) is 23.3. The van der Waals surface area contributed by atoms with Gasteiger partial charge in [-0.25, -0.2) is 0 Å². The molecule has 0 spiro atoms. The molecule has 0 aromatic heterocycles. The molecule has 0 aliphatic heterocycles. The summed E-state index contributed by atoms with van der Waals surface area (Å²) < 4.78 is 21.6. The fourth-order valence-electron chi connectivity index (χ4n) is 4.84. The third-order valence-corrected chi connectivity index (χ3v) is 7.26. The average molecular weight is 506 g/mol. The molecule has 200 valence electrons. The van der Waals surface area contributed by atoms with Crippen molar-refractivity contribution in [1.29, 1.82) is 0 Å². The minimum atomic E-state index is 0.452. The Kier molecular flexibility index (Phi) is 11.2. The SMILES string of the molecule is COc1ccc(CCC(C)N(CCc2ccc(OC)c(OC)c2)C(C)CCc2ccc(OC)cc2)cc1. The van der Waals surface area contributed by atoms with Gasteiger partial charge in [0.25, 0.3) is 0 Å². The standard InChI is InChI=1S/C32H43NO4/c1-24(7-9-26-11-16-29(34-3)17-12-26)33(22-21-28-15-20-31(36-5)32(23-28)37-6)25(2)8-10-27-13-18-30(35-4)19-14-27/h11-20,23-25H,7-10,21-22H2,1-6H3. The van der Waals surface area contributed by atoms with Gasteiger partial charge in [-0.2, -0.15) is 0 Å². The lowest BCUT2D eigenvalue weighted by Crippen LogP contribution is -2.42. The van der Waals surface area contributed by atoms with E-state index in [0.717, 1.165) is 61.6 Å². The summed E-state index contributed by atoms with van der Waals surface area (Å²) in [4.78, 5) is 2.67. The molecule has 3 aromatic rings. The Morgan fingerprint density at radius 2 is 1.00 bits per heavy atom. The van der Waals surface area contributed by atoms with Gasteiger partial charge in [-0.3, -0.25) is 4.90 Å². The van der Waals surface area contributed by atoms with Gasteiger partial charge in [-0.05, 0) is 99.0 Å². The molecule has 5 heteroatoms. The van der Waals surface area contributed by atoms with Gasteiger partial charge < -0.3 is 18.9 Å². The van der Waals surface area contributed by atoms with Crippen LogP contribution in [-0.2, 0) is 19.3 Å². The van der Waals surface area contributed by atoms with Crippen molar-refractivity contribution < 1.29 is 18.9 Å². The van der Waals surface area contributed by atoms with Crippen LogP contribution in [0.1, 0.15) is 43.4 Å². The first-order chi connectivity index (χ1) is 18.0. The highest BCUT2D eigenvalue weighted by molar-refractivity contribution is 5.43. The zero-order valence-corrected chi connectivity index (χ0v) is 23.3. The van der Waals surface area contributed by atoms with Crippen molar-refractivity contribution >= 4 is 0 Å². The summed E-state index contributed by atoms with van der Waals surface area (Å²) in [5.41, 5.74) is 3.95. The maximum atomic E-state index is 5.53. The van der Waals surface area contributed by atoms with Crippen LogP contribution in [0.15, 0.2) is 66.7 Å². The minimum absolute atomic E-state index is 0.452. The molecule has 0 N–H and O–H groups in total. The Bertz CT molecular complexity index is 1010. The molecule has 2 unspecified atom stereocenters. The van der Waals surface area contributed by atoms with E-state index < -0.39 is 0 Å². The van der Waals surface area contributed by atoms with Crippen LogP contribution >= 0.6 is 0 Å². The number of hydrogen-bond donors (Lipinski definition) is 0. The van der Waals surface area contributed by atoms with Crippen molar-refractivity contribution in [2.75, 3.05) is 35.0 Å². The van der Waals surface area contributed by atoms with Crippen molar-refractivity contribution in [3.05, 3.63) is 83.4 Å². The molecule has 0 heterocycles. The van der Waals surface area contributed by atoms with E-state index in [1.54, 1.807) is 28.4 Å². The third-order valence-electron chi connectivity index (χ3n) is 7.26. The Balaban J connectivity index is 1.67. The van der Waals surface area contributed by atoms with Gasteiger partial charge in [0.1, 0.15) is 11.5 Å². The van der Waals surface area contributed by atoms with E-state index in [1.807, 2.05) is 30.3 Å². The first-order valence-electron chi connectivity index (χ1n) is 13.2. The topological polar surface area (TPSA) is 40.2 Å². The lowest BCUT2D eigenvalue weighted by molar-refractivity contribution is 0.141. The number of nitrogens with zero attached hydrogens (tertiary/aromatic N) is 1. The predicted molar refractivity (Wildman–Crippen MR) is 152 cm³/mol. The molecule has 0 radical (unpaired) electrons. The Hall–Kier alpha value is -3.18. The summed E-state index contributed by atoms with van der Waals surface area (Å²) in [7, 11) is 6.78. The van der Waals surface area contributed by atoms with E-state index in [1.165, 1.54) is 16.7 Å². The fourth-order valence-corrected chi connectivity index (χ4v) is 4.84. The molecule has 0 saturated carbocycles. The highest BCUT2D eigenvalue weighted by atomic mass is 16.5. The molecule has 37 heavy (non-hydrogen) atoms. The van der Waals surface area contributed by atoms with E-state index in [0.29, 0.717) is 12.1 Å². The first kappa shape index (κ1) is 28.4. The van der Waals surface area contributed by atoms with Gasteiger partial charge in [0.2, 0.25) is 0 Å². The second-order valence-corrected chi connectivity index (χ2v) is 9.65. The molecule has 0 aliphatic rings. The van der Waals surface area contributed by atoms with E-state index in [-0.39, 0.29) is 0 Å². The van der Waals surface area contributed by atoms with Gasteiger partial charge >= 0.3 is 0 Å². The Morgan fingerprint density at radius 1 is 0.541 bits per heavy atom. The van der Waals surface area contributed by atoms with Gasteiger partial charge in [-0.1, -0.05) is 30.3 Å². The minimum Gasteiger partial charge on any atom is -0.497 e. The van der Waals surface area contributed by atoms with Crippen LogP contribution in [-0.4, -0.2) is 52.0 Å². The largest absolute Gasteiger partial charge is 0.497 e. The molecule has 0 fully saturated rings. The highest BCUT2D eigenvalue weighted by Crippen LogP contribution is 2.28. The molecule has 0 saturated heterocycles. The number of hydrogen-bond acceptors (Lipinski definition) is 5. The molecular formula is C32H43NO4. The van der Waals surface area contributed by atoms with Gasteiger partial charge in [-0.15, -0.1) is 0 Å². The van der Waals surface area contributed by atoms with Gasteiger partial charge in [0, 0.05) is 18.6 Å². The van der Waals surface area contributed by atoms with Crippen molar-refractivity contribution in [2.24, 2.45) is 0 Å². The first-order valence-corrected chi connectivity index (χ1v) is 13.2. The lowest BCUT2D eigenvalue weighted by Gasteiger charge is -2.35. The normalized spacial score (nSPS) is 12.7. The average Bonchev–Trinajstić information content (AvgIpc) is 2.95. The molecular weight excluding hydrogens is 462 g/mol. The van der Waals surface area contributed by atoms with E-state index in [2.05, 4.69) is 55.1 Å². The maximum Gasteiger partial charge on any atom is 0.160 e. The molecule has 2 atom stereocenters. The molecule has 5 nitrogen and oxygen atoms in total. The van der Waals surface area contributed by atoms with Crippen LogP contribution in [0.2, 0.25) is 0 Å². The van der Waals surface area contributed by atoms with E-state index >= 15 is 0 Å². The third kappa shape index (κ3) is 8.43. The van der Waals surface area contributed by atoms with Crippen molar-refractivity contribution in [3.63, 3.8) is 0 Å². The van der Waals surface area contributed by atoms with Crippen LogP contribution in [0.25, 0.3) is 0 Å². The van der Waals surface area contributed by atoms with Crippen LogP contribution in [0.3, 0.4) is 0 Å². The molecule has 0 bridgehead atoms. The summed E-state index contributed by atoms with van der Waals surface area (Å²) in [5.74, 6) is 3.36. The van der Waals surface area contributed by atoms with E-state index in [9.17, 15) is 0 Å². The van der Waals surface area contributed by atoms with Crippen molar-refractivity contribution in [3.8, 4) is 23.0 Å². The molecule has 3 rings (SSSR count). The quantitative estimate of drug-likeness (QED) is 0.232. The predicted octanol–water partition coefficient (Wildman–Crippen LogP) is 6.61. The number of rotatable bonds is 15. The fraction of sp³-hybridized carbons (Fsp3) is 0.438. The van der Waals surface area contributed by atoms with Gasteiger partial charge in [0.15, 0.2) is 11.5 Å². The second kappa shape index (κ2) is 14.5. The maximum absolute atomic E-state index is 5.53. The zero-order chi connectivity index (χ0) is 26.6. The van der Waals surface area contributed by atoms with Crippen molar-refractivity contribution in [1.82, 2.24) is 4.90 Å². The Morgan fingerprint density at radius 3 is 1.43 bits per heavy atom.